The van der Waals surface area contributed by atoms with Crippen molar-refractivity contribution >= 4 is 38.9 Å². The number of amides is 1. The molecule has 0 radical (unpaired) electrons. The molecule has 4 aromatic rings. The molecule has 0 fully saturated rings. The molecular formula is C19H13F2N3O2S. The van der Waals surface area contributed by atoms with E-state index in [4.69, 9.17) is 0 Å². The van der Waals surface area contributed by atoms with Crippen LogP contribution in [0.3, 0.4) is 0 Å². The number of nitrogens with one attached hydrogen (secondary N) is 1. The van der Waals surface area contributed by atoms with Gasteiger partial charge in [0.25, 0.3) is 11.5 Å². The maximum atomic E-state index is 13.3. The number of aryl methyl sites for hydroxylation is 2. The molecule has 0 saturated heterocycles. The molecule has 8 heteroatoms. The predicted molar refractivity (Wildman–Crippen MR) is 101 cm³/mol. The third-order valence-corrected chi connectivity index (χ3v) is 5.30. The van der Waals surface area contributed by atoms with Gasteiger partial charge in [-0.05, 0) is 49.2 Å². The van der Waals surface area contributed by atoms with Crippen molar-refractivity contribution in [2.45, 2.75) is 13.8 Å². The van der Waals surface area contributed by atoms with Crippen LogP contribution in [0, 0.1) is 25.5 Å². The zero-order chi connectivity index (χ0) is 19.3. The van der Waals surface area contributed by atoms with Gasteiger partial charge in [-0.15, -0.1) is 0 Å². The van der Waals surface area contributed by atoms with E-state index in [0.717, 1.165) is 34.6 Å². The Bertz CT molecular complexity index is 1290. The van der Waals surface area contributed by atoms with Crippen LogP contribution in [0.1, 0.15) is 20.8 Å². The Labute approximate surface area is 155 Å². The molecule has 0 bridgehead atoms. The largest absolute Gasteiger partial charge is 0.321 e. The highest BCUT2D eigenvalue weighted by Crippen LogP contribution is 2.23. The van der Waals surface area contributed by atoms with Gasteiger partial charge in [-0.2, -0.15) is 0 Å². The van der Waals surface area contributed by atoms with Gasteiger partial charge in [0.2, 0.25) is 0 Å². The summed E-state index contributed by atoms with van der Waals surface area (Å²) in [4.78, 5) is 30.0. The molecule has 136 valence electrons. The van der Waals surface area contributed by atoms with Crippen LogP contribution in [0.4, 0.5) is 14.5 Å². The minimum absolute atomic E-state index is 0.0955. The van der Waals surface area contributed by atoms with Crippen LogP contribution in [0.15, 0.2) is 41.2 Å². The molecule has 2 aromatic heterocycles. The Morgan fingerprint density at radius 3 is 2.56 bits per heavy atom. The molecule has 0 aliphatic rings. The molecule has 0 spiro atoms. The highest BCUT2D eigenvalue weighted by atomic mass is 32.1. The average molecular weight is 385 g/mol. The molecule has 0 aliphatic heterocycles. The summed E-state index contributed by atoms with van der Waals surface area (Å²) in [5.41, 5.74) is 3.16. The third-order valence-electron chi connectivity index (χ3n) is 4.32. The van der Waals surface area contributed by atoms with Crippen molar-refractivity contribution in [1.29, 1.82) is 0 Å². The maximum absolute atomic E-state index is 13.3. The lowest BCUT2D eigenvalue weighted by molar-refractivity contribution is 0.103. The summed E-state index contributed by atoms with van der Waals surface area (Å²) in [7, 11) is 0. The summed E-state index contributed by atoms with van der Waals surface area (Å²) in [6, 6.07) is 8.04. The summed E-state index contributed by atoms with van der Waals surface area (Å²) in [5, 5.41) is 2.46. The molecule has 4 rings (SSSR count). The number of rotatable bonds is 2. The summed E-state index contributed by atoms with van der Waals surface area (Å²) in [6.45, 7) is 3.91. The molecule has 1 amide bonds. The minimum atomic E-state index is -1.07. The van der Waals surface area contributed by atoms with Crippen LogP contribution < -0.4 is 10.9 Å². The van der Waals surface area contributed by atoms with Gasteiger partial charge >= 0.3 is 0 Å². The Morgan fingerprint density at radius 2 is 1.81 bits per heavy atom. The van der Waals surface area contributed by atoms with E-state index >= 15 is 0 Å². The normalized spacial score (nSPS) is 11.3. The van der Waals surface area contributed by atoms with Gasteiger partial charge < -0.3 is 5.32 Å². The number of hydrogen-bond donors (Lipinski definition) is 1. The molecule has 0 atom stereocenters. The van der Waals surface area contributed by atoms with Crippen molar-refractivity contribution in [2.24, 2.45) is 0 Å². The van der Waals surface area contributed by atoms with Crippen molar-refractivity contribution in [3.05, 3.63) is 74.4 Å². The zero-order valence-corrected chi connectivity index (χ0v) is 15.2. The highest BCUT2D eigenvalue weighted by Gasteiger charge is 2.15. The van der Waals surface area contributed by atoms with Gasteiger partial charge in [0.15, 0.2) is 16.6 Å². The van der Waals surface area contributed by atoms with E-state index in [1.807, 2.05) is 26.0 Å². The molecule has 2 heterocycles. The quantitative estimate of drug-likeness (QED) is 0.566. The number of anilines is 1. The topological polar surface area (TPSA) is 63.5 Å². The standard InChI is InChI=1S/C19H13F2N3O2S/c1-9-5-14-15(6-10(9)2)24-17(25)8-16(27-19(24)23-14)18(26)22-11-3-4-12(20)13(21)7-11/h3-8H,1-2H3,(H,22,26). The van der Waals surface area contributed by atoms with Gasteiger partial charge in [-0.1, -0.05) is 11.3 Å². The molecule has 27 heavy (non-hydrogen) atoms. The number of carbonyl (C=O) groups is 1. The van der Waals surface area contributed by atoms with Crippen molar-refractivity contribution in [3.8, 4) is 0 Å². The van der Waals surface area contributed by atoms with E-state index in [0.29, 0.717) is 16.0 Å². The van der Waals surface area contributed by atoms with Gasteiger partial charge in [-0.25, -0.2) is 13.8 Å². The molecule has 1 N–H and O–H groups in total. The van der Waals surface area contributed by atoms with Crippen LogP contribution in [-0.4, -0.2) is 15.3 Å². The van der Waals surface area contributed by atoms with Crippen molar-refractivity contribution in [1.82, 2.24) is 9.38 Å². The molecule has 0 saturated carbocycles. The van der Waals surface area contributed by atoms with Crippen molar-refractivity contribution < 1.29 is 13.6 Å². The number of imidazole rings is 1. The number of aromatic nitrogens is 2. The van der Waals surface area contributed by atoms with Gasteiger partial charge in [0, 0.05) is 17.8 Å². The number of halogens is 2. The molecule has 0 unspecified atom stereocenters. The van der Waals surface area contributed by atoms with Crippen molar-refractivity contribution in [3.63, 3.8) is 0 Å². The zero-order valence-electron chi connectivity index (χ0n) is 14.3. The Morgan fingerprint density at radius 1 is 1.07 bits per heavy atom. The lowest BCUT2D eigenvalue weighted by atomic mass is 10.1. The molecule has 2 aromatic carbocycles. The number of benzene rings is 2. The first-order valence-electron chi connectivity index (χ1n) is 8.03. The van der Waals surface area contributed by atoms with Gasteiger partial charge in [-0.3, -0.25) is 14.0 Å². The minimum Gasteiger partial charge on any atom is -0.321 e. The first kappa shape index (κ1) is 17.3. The van der Waals surface area contributed by atoms with E-state index in [1.165, 1.54) is 16.5 Å². The lowest BCUT2D eigenvalue weighted by Gasteiger charge is -2.05. The lowest BCUT2D eigenvalue weighted by Crippen LogP contribution is -2.17. The van der Waals surface area contributed by atoms with Crippen LogP contribution in [0.5, 0.6) is 0 Å². The number of hydrogen-bond acceptors (Lipinski definition) is 4. The fourth-order valence-corrected chi connectivity index (χ4v) is 3.70. The first-order chi connectivity index (χ1) is 12.8. The maximum Gasteiger partial charge on any atom is 0.266 e. The van der Waals surface area contributed by atoms with Crippen molar-refractivity contribution in [2.75, 3.05) is 5.32 Å². The predicted octanol–water partition coefficient (Wildman–Crippen LogP) is 4.06. The SMILES string of the molecule is Cc1cc2nc3sc(C(=O)Nc4ccc(F)c(F)c4)cc(=O)n3c2cc1C. The van der Waals surface area contributed by atoms with Crippen LogP contribution in [-0.2, 0) is 0 Å². The van der Waals surface area contributed by atoms with Crippen LogP contribution in [0.2, 0.25) is 0 Å². The van der Waals surface area contributed by atoms with Gasteiger partial charge in [0.1, 0.15) is 4.88 Å². The average Bonchev–Trinajstić information content (AvgIpc) is 2.96. The fraction of sp³-hybridized carbons (Fsp3) is 0.105. The Kier molecular flexibility index (Phi) is 4.00. The first-order valence-corrected chi connectivity index (χ1v) is 8.85. The fourth-order valence-electron chi connectivity index (χ4n) is 2.77. The van der Waals surface area contributed by atoms with E-state index in [2.05, 4.69) is 10.3 Å². The number of carbonyl (C=O) groups excluding carboxylic acids is 1. The van der Waals surface area contributed by atoms with E-state index in [9.17, 15) is 18.4 Å². The molecule has 0 aliphatic carbocycles. The Balaban J connectivity index is 1.78. The van der Waals surface area contributed by atoms with Gasteiger partial charge in [0.05, 0.1) is 11.0 Å². The van der Waals surface area contributed by atoms with E-state index < -0.39 is 17.5 Å². The second-order valence-electron chi connectivity index (χ2n) is 6.19. The summed E-state index contributed by atoms with van der Waals surface area (Å²) >= 11 is 1.05. The van der Waals surface area contributed by atoms with Crippen LogP contribution >= 0.6 is 11.3 Å². The summed E-state index contributed by atoms with van der Waals surface area (Å²) < 4.78 is 27.8. The molecule has 5 nitrogen and oxygen atoms in total. The van der Waals surface area contributed by atoms with E-state index in [1.54, 1.807) is 0 Å². The summed E-state index contributed by atoms with van der Waals surface area (Å²) in [6.07, 6.45) is 0. The van der Waals surface area contributed by atoms with Crippen LogP contribution in [0.25, 0.3) is 16.0 Å². The summed E-state index contributed by atoms with van der Waals surface area (Å²) in [5.74, 6) is -2.67. The highest BCUT2D eigenvalue weighted by molar-refractivity contribution is 7.18. The van der Waals surface area contributed by atoms with E-state index in [-0.39, 0.29) is 16.1 Å². The third kappa shape index (κ3) is 2.97. The second kappa shape index (κ2) is 6.24. The number of fused-ring (bicyclic) bond motifs is 3. The monoisotopic (exact) mass is 385 g/mol. The number of nitrogens with zero attached hydrogens (tertiary/aromatic N) is 2. The Hall–Kier alpha value is -3.13. The second-order valence-corrected chi connectivity index (χ2v) is 7.20. The smallest absolute Gasteiger partial charge is 0.266 e. The molecular weight excluding hydrogens is 372 g/mol.